The van der Waals surface area contributed by atoms with Gasteiger partial charge >= 0.3 is 0 Å². The zero-order chi connectivity index (χ0) is 14.5. The third kappa shape index (κ3) is 4.35. The molecule has 0 fully saturated rings. The number of carbonyl (C=O) groups excluding carboxylic acids is 1. The zero-order valence-corrected chi connectivity index (χ0v) is 14.0. The Morgan fingerprint density at radius 3 is 2.70 bits per heavy atom. The first-order chi connectivity index (χ1) is 9.54. The molecule has 0 radical (unpaired) electrons. The van der Waals surface area contributed by atoms with Crippen LogP contribution >= 0.6 is 31.9 Å². The molecule has 0 spiro atoms. The van der Waals surface area contributed by atoms with Crippen LogP contribution in [0.5, 0.6) is 5.75 Å². The molecule has 0 aliphatic carbocycles. The third-order valence-electron chi connectivity index (χ3n) is 2.55. The highest BCUT2D eigenvalue weighted by atomic mass is 79.9. The maximum absolute atomic E-state index is 11.8. The number of halogens is 2. The first kappa shape index (κ1) is 15.1. The fourth-order valence-corrected chi connectivity index (χ4v) is 2.64. The highest BCUT2D eigenvalue weighted by molar-refractivity contribution is 9.10. The smallest absolute Gasteiger partial charge is 0.262 e. The molecule has 104 valence electrons. The number of hydrogen-bond acceptors (Lipinski definition) is 2. The van der Waals surface area contributed by atoms with Crippen LogP contribution in [0.15, 0.2) is 51.4 Å². The van der Waals surface area contributed by atoms with E-state index in [2.05, 4.69) is 37.2 Å². The first-order valence-corrected chi connectivity index (χ1v) is 7.57. The summed E-state index contributed by atoms with van der Waals surface area (Å²) in [6, 6.07) is 13.1. The van der Waals surface area contributed by atoms with E-state index in [1.807, 2.05) is 49.4 Å². The molecule has 0 heterocycles. The molecule has 1 N–H and O–H groups in total. The van der Waals surface area contributed by atoms with E-state index in [1.165, 1.54) is 0 Å². The van der Waals surface area contributed by atoms with Crippen LogP contribution in [-0.2, 0) is 4.79 Å². The average molecular weight is 399 g/mol. The largest absolute Gasteiger partial charge is 0.483 e. The summed E-state index contributed by atoms with van der Waals surface area (Å²) in [6.07, 6.45) is 0. The molecule has 2 aromatic rings. The fraction of sp³-hybridized carbons (Fsp3) is 0.133. The zero-order valence-electron chi connectivity index (χ0n) is 10.8. The Kier molecular flexibility index (Phi) is 5.20. The number of nitrogens with one attached hydrogen (secondary N) is 1. The van der Waals surface area contributed by atoms with Crippen molar-refractivity contribution in [2.24, 2.45) is 0 Å². The van der Waals surface area contributed by atoms with E-state index in [0.29, 0.717) is 5.75 Å². The summed E-state index contributed by atoms with van der Waals surface area (Å²) < 4.78 is 7.24. The number of rotatable bonds is 4. The van der Waals surface area contributed by atoms with Gasteiger partial charge in [0.15, 0.2) is 6.61 Å². The lowest BCUT2D eigenvalue weighted by atomic mass is 10.2. The molecule has 3 nitrogen and oxygen atoms in total. The Bertz CT molecular complexity index is 629. The van der Waals surface area contributed by atoms with Crippen LogP contribution in [0.2, 0.25) is 0 Å². The Labute approximate surface area is 134 Å². The minimum absolute atomic E-state index is 0.0336. The number of hydrogen-bond donors (Lipinski definition) is 1. The van der Waals surface area contributed by atoms with Crippen molar-refractivity contribution >= 4 is 43.5 Å². The van der Waals surface area contributed by atoms with E-state index in [4.69, 9.17) is 4.74 Å². The molecule has 0 aliphatic rings. The van der Waals surface area contributed by atoms with Gasteiger partial charge < -0.3 is 10.1 Å². The number of benzene rings is 2. The molecule has 2 aromatic carbocycles. The molecule has 0 atom stereocenters. The second-order valence-electron chi connectivity index (χ2n) is 4.28. The Balaban J connectivity index is 1.92. The molecular weight excluding hydrogens is 386 g/mol. The van der Waals surface area contributed by atoms with Gasteiger partial charge in [-0.2, -0.15) is 0 Å². The van der Waals surface area contributed by atoms with Crippen molar-refractivity contribution in [3.8, 4) is 5.75 Å². The van der Waals surface area contributed by atoms with Crippen LogP contribution in [-0.4, -0.2) is 12.5 Å². The number of amides is 1. The van der Waals surface area contributed by atoms with E-state index >= 15 is 0 Å². The van der Waals surface area contributed by atoms with Crippen molar-refractivity contribution in [3.05, 3.63) is 57.0 Å². The quantitative estimate of drug-likeness (QED) is 0.821. The number of carbonyl (C=O) groups is 1. The molecule has 0 aromatic heterocycles. The molecule has 1 amide bonds. The van der Waals surface area contributed by atoms with Gasteiger partial charge in [-0.05, 0) is 58.7 Å². The average Bonchev–Trinajstić information content (AvgIpc) is 2.37. The summed E-state index contributed by atoms with van der Waals surface area (Å²) in [6.45, 7) is 1.96. The maximum Gasteiger partial charge on any atom is 0.262 e. The van der Waals surface area contributed by atoms with Gasteiger partial charge in [0.25, 0.3) is 5.91 Å². The molecule has 2 rings (SSSR count). The molecular formula is C15H13Br2NO2. The minimum atomic E-state index is -0.199. The van der Waals surface area contributed by atoms with Crippen molar-refractivity contribution in [2.75, 3.05) is 11.9 Å². The summed E-state index contributed by atoms with van der Waals surface area (Å²) in [5.41, 5.74) is 1.86. The molecule has 0 saturated carbocycles. The Morgan fingerprint density at radius 1 is 1.20 bits per heavy atom. The van der Waals surface area contributed by atoms with Crippen LogP contribution in [0, 0.1) is 6.92 Å². The summed E-state index contributed by atoms with van der Waals surface area (Å²) >= 11 is 6.77. The van der Waals surface area contributed by atoms with Gasteiger partial charge in [0.2, 0.25) is 0 Å². The summed E-state index contributed by atoms with van der Waals surface area (Å²) in [7, 11) is 0. The van der Waals surface area contributed by atoms with Crippen molar-refractivity contribution in [2.45, 2.75) is 6.92 Å². The van der Waals surface area contributed by atoms with Crippen molar-refractivity contribution < 1.29 is 9.53 Å². The first-order valence-electron chi connectivity index (χ1n) is 5.99. The predicted octanol–water partition coefficient (Wildman–Crippen LogP) is 4.54. The van der Waals surface area contributed by atoms with E-state index < -0.39 is 0 Å². The van der Waals surface area contributed by atoms with Crippen LogP contribution in [0.4, 0.5) is 5.69 Å². The van der Waals surface area contributed by atoms with E-state index in [9.17, 15) is 4.79 Å². The van der Waals surface area contributed by atoms with Gasteiger partial charge in [-0.25, -0.2) is 0 Å². The molecule has 0 aliphatic heterocycles. The topological polar surface area (TPSA) is 38.3 Å². The molecule has 0 bridgehead atoms. The second kappa shape index (κ2) is 6.90. The van der Waals surface area contributed by atoms with Crippen molar-refractivity contribution in [3.63, 3.8) is 0 Å². The number of ether oxygens (including phenoxy) is 1. The van der Waals surface area contributed by atoms with Crippen molar-refractivity contribution in [1.82, 2.24) is 0 Å². The minimum Gasteiger partial charge on any atom is -0.483 e. The number of aryl methyl sites for hydroxylation is 1. The highest BCUT2D eigenvalue weighted by Crippen LogP contribution is 2.25. The third-order valence-corrected chi connectivity index (χ3v) is 3.67. The molecule has 5 heteroatoms. The highest BCUT2D eigenvalue weighted by Gasteiger charge is 2.06. The van der Waals surface area contributed by atoms with E-state index in [0.717, 1.165) is 20.2 Å². The van der Waals surface area contributed by atoms with Crippen LogP contribution < -0.4 is 10.1 Å². The molecule has 20 heavy (non-hydrogen) atoms. The van der Waals surface area contributed by atoms with Gasteiger partial charge in [-0.15, -0.1) is 0 Å². The standard InChI is InChI=1S/C15H13Br2NO2/c1-10-5-6-14(13(17)7-10)20-9-15(19)18-12-4-2-3-11(16)8-12/h2-8H,9H2,1H3,(H,18,19). The van der Waals surface area contributed by atoms with E-state index in [-0.39, 0.29) is 12.5 Å². The predicted molar refractivity (Wildman–Crippen MR) is 87.1 cm³/mol. The van der Waals surface area contributed by atoms with Crippen LogP contribution in [0.1, 0.15) is 5.56 Å². The van der Waals surface area contributed by atoms with Crippen LogP contribution in [0.3, 0.4) is 0 Å². The lowest BCUT2D eigenvalue weighted by Gasteiger charge is -2.09. The monoisotopic (exact) mass is 397 g/mol. The summed E-state index contributed by atoms with van der Waals surface area (Å²) in [5.74, 6) is 0.454. The lowest BCUT2D eigenvalue weighted by Crippen LogP contribution is -2.20. The molecule has 0 saturated heterocycles. The van der Waals surface area contributed by atoms with Gasteiger partial charge in [0, 0.05) is 10.2 Å². The SMILES string of the molecule is Cc1ccc(OCC(=O)Nc2cccc(Br)c2)c(Br)c1. The summed E-state index contributed by atoms with van der Waals surface area (Å²) in [4.78, 5) is 11.8. The summed E-state index contributed by atoms with van der Waals surface area (Å²) in [5, 5.41) is 2.77. The van der Waals surface area contributed by atoms with Gasteiger partial charge in [-0.3, -0.25) is 4.79 Å². The second-order valence-corrected chi connectivity index (χ2v) is 6.05. The Morgan fingerprint density at radius 2 is 2.00 bits per heavy atom. The van der Waals surface area contributed by atoms with E-state index in [1.54, 1.807) is 0 Å². The number of anilines is 1. The van der Waals surface area contributed by atoms with Crippen molar-refractivity contribution in [1.29, 1.82) is 0 Å². The van der Waals surface area contributed by atoms with Gasteiger partial charge in [0.05, 0.1) is 4.47 Å². The van der Waals surface area contributed by atoms with Gasteiger partial charge in [-0.1, -0.05) is 28.1 Å². The fourth-order valence-electron chi connectivity index (χ4n) is 1.63. The molecule has 0 unspecified atom stereocenters. The Hall–Kier alpha value is -1.33. The lowest BCUT2D eigenvalue weighted by molar-refractivity contribution is -0.118. The van der Waals surface area contributed by atoms with Crippen LogP contribution in [0.25, 0.3) is 0 Å². The normalized spacial score (nSPS) is 10.2. The maximum atomic E-state index is 11.8. The van der Waals surface area contributed by atoms with Gasteiger partial charge in [0.1, 0.15) is 5.75 Å².